The van der Waals surface area contributed by atoms with E-state index in [1.165, 1.54) is 18.3 Å². The Bertz CT molecular complexity index is 1040. The number of nitriles is 1. The monoisotopic (exact) mass is 410 g/mol. The van der Waals surface area contributed by atoms with Crippen molar-refractivity contribution in [3.8, 4) is 6.07 Å². The van der Waals surface area contributed by atoms with E-state index in [-0.39, 0.29) is 17.5 Å². The molecule has 4 rings (SSSR count). The van der Waals surface area contributed by atoms with Crippen LogP contribution < -0.4 is 15.5 Å². The van der Waals surface area contributed by atoms with Gasteiger partial charge in [0, 0.05) is 6.54 Å². The minimum atomic E-state index is -1.05. The van der Waals surface area contributed by atoms with E-state index in [1.54, 1.807) is 29.6 Å². The van der Waals surface area contributed by atoms with Crippen LogP contribution in [0.4, 0.5) is 16.4 Å². The molecule has 2 N–H and O–H groups in total. The minimum absolute atomic E-state index is 0.0718. The van der Waals surface area contributed by atoms with E-state index in [2.05, 4.69) is 10.6 Å². The number of carbonyl (C=O) groups is 3. The zero-order valence-electron chi connectivity index (χ0n) is 15.6. The lowest BCUT2D eigenvalue weighted by molar-refractivity contribution is -0.123. The van der Waals surface area contributed by atoms with E-state index in [0.29, 0.717) is 16.3 Å². The first-order valence-corrected chi connectivity index (χ1v) is 10.1. The smallest absolute Gasteiger partial charge is 0.338 e. The summed E-state index contributed by atoms with van der Waals surface area (Å²) in [6.45, 7) is 2.27. The largest absolute Gasteiger partial charge is 0.449 e. The van der Waals surface area contributed by atoms with Crippen molar-refractivity contribution >= 4 is 45.5 Å². The second-order valence-corrected chi connectivity index (χ2v) is 7.80. The summed E-state index contributed by atoms with van der Waals surface area (Å²) in [7, 11) is 0. The fourth-order valence-corrected chi connectivity index (χ4v) is 4.29. The molecule has 0 spiro atoms. The SMILES string of the molecule is C[C@H](OC(=O)c1ccc2c(c1)NC(=O)[C@H]1CCCN21)C(=O)Nc1sccc1C#N. The molecule has 0 radical (unpaired) electrons. The molecule has 2 aliphatic rings. The Kier molecular flexibility index (Phi) is 4.94. The van der Waals surface area contributed by atoms with Gasteiger partial charge in [-0.1, -0.05) is 0 Å². The van der Waals surface area contributed by atoms with Crippen molar-refractivity contribution in [2.24, 2.45) is 0 Å². The Morgan fingerprint density at radius 2 is 2.24 bits per heavy atom. The van der Waals surface area contributed by atoms with E-state index in [9.17, 15) is 14.4 Å². The predicted molar refractivity (Wildman–Crippen MR) is 108 cm³/mol. The highest BCUT2D eigenvalue weighted by Crippen LogP contribution is 2.37. The van der Waals surface area contributed by atoms with Gasteiger partial charge >= 0.3 is 5.97 Å². The molecule has 8 nitrogen and oxygen atoms in total. The normalized spacial score (nSPS) is 18.1. The molecule has 1 saturated heterocycles. The Hall–Kier alpha value is -3.38. The number of anilines is 3. The lowest BCUT2D eigenvalue weighted by Crippen LogP contribution is -2.43. The number of carbonyl (C=O) groups excluding carboxylic acids is 3. The first-order valence-electron chi connectivity index (χ1n) is 9.19. The summed E-state index contributed by atoms with van der Waals surface area (Å²) in [6, 6.07) is 8.42. The fourth-order valence-electron chi connectivity index (χ4n) is 3.55. The van der Waals surface area contributed by atoms with E-state index in [0.717, 1.165) is 25.1 Å². The molecule has 1 aromatic heterocycles. The first kappa shape index (κ1) is 19.0. The van der Waals surface area contributed by atoms with Crippen LogP contribution in [-0.2, 0) is 14.3 Å². The van der Waals surface area contributed by atoms with Gasteiger partial charge in [-0.05, 0) is 49.4 Å². The molecule has 29 heavy (non-hydrogen) atoms. The summed E-state index contributed by atoms with van der Waals surface area (Å²) in [6.07, 6.45) is 0.718. The maximum Gasteiger partial charge on any atom is 0.338 e. The first-order chi connectivity index (χ1) is 14.0. The molecule has 1 fully saturated rings. The molecule has 148 valence electrons. The number of thiophene rings is 1. The second-order valence-electron chi connectivity index (χ2n) is 6.88. The van der Waals surface area contributed by atoms with E-state index in [4.69, 9.17) is 10.00 Å². The van der Waals surface area contributed by atoms with Crippen molar-refractivity contribution in [1.29, 1.82) is 5.26 Å². The number of hydrogen-bond acceptors (Lipinski definition) is 7. The van der Waals surface area contributed by atoms with Crippen LogP contribution >= 0.6 is 11.3 Å². The molecular weight excluding hydrogens is 392 g/mol. The number of amides is 2. The number of fused-ring (bicyclic) bond motifs is 3. The number of nitrogens with zero attached hydrogens (tertiary/aromatic N) is 2. The van der Waals surface area contributed by atoms with Crippen molar-refractivity contribution in [1.82, 2.24) is 0 Å². The van der Waals surface area contributed by atoms with Gasteiger partial charge in [0.05, 0.1) is 22.5 Å². The maximum atomic E-state index is 12.5. The Labute approximate surface area is 171 Å². The van der Waals surface area contributed by atoms with Gasteiger partial charge < -0.3 is 20.3 Å². The topological polar surface area (TPSA) is 112 Å². The fraction of sp³-hybridized carbons (Fsp3) is 0.300. The van der Waals surface area contributed by atoms with Crippen molar-refractivity contribution < 1.29 is 19.1 Å². The van der Waals surface area contributed by atoms with Gasteiger partial charge in [0.2, 0.25) is 5.91 Å². The zero-order chi connectivity index (χ0) is 20.5. The van der Waals surface area contributed by atoms with Crippen LogP contribution in [0.5, 0.6) is 0 Å². The third-order valence-corrected chi connectivity index (χ3v) is 5.86. The van der Waals surface area contributed by atoms with Crippen molar-refractivity contribution in [2.75, 3.05) is 22.1 Å². The summed E-state index contributed by atoms with van der Waals surface area (Å²) in [5, 5.41) is 16.6. The predicted octanol–water partition coefficient (Wildman–Crippen LogP) is 2.72. The number of hydrogen-bond donors (Lipinski definition) is 2. The lowest BCUT2D eigenvalue weighted by atomic mass is 10.1. The van der Waals surface area contributed by atoms with Crippen LogP contribution in [0.15, 0.2) is 29.6 Å². The molecule has 2 aliphatic heterocycles. The Morgan fingerprint density at radius 1 is 1.41 bits per heavy atom. The number of rotatable bonds is 4. The van der Waals surface area contributed by atoms with Crippen LogP contribution in [0, 0.1) is 11.3 Å². The molecule has 1 aromatic carbocycles. The van der Waals surface area contributed by atoms with E-state index >= 15 is 0 Å². The Morgan fingerprint density at radius 3 is 3.03 bits per heavy atom. The van der Waals surface area contributed by atoms with Gasteiger partial charge in [-0.2, -0.15) is 5.26 Å². The quantitative estimate of drug-likeness (QED) is 0.750. The minimum Gasteiger partial charge on any atom is -0.449 e. The highest BCUT2D eigenvalue weighted by atomic mass is 32.1. The summed E-state index contributed by atoms with van der Waals surface area (Å²) in [5.41, 5.74) is 2.05. The highest BCUT2D eigenvalue weighted by molar-refractivity contribution is 7.14. The summed E-state index contributed by atoms with van der Waals surface area (Å²) < 4.78 is 5.27. The number of benzene rings is 1. The molecule has 0 bridgehead atoms. The number of ether oxygens (including phenoxy) is 1. The summed E-state index contributed by atoms with van der Waals surface area (Å²) in [4.78, 5) is 39.1. The zero-order valence-corrected chi connectivity index (χ0v) is 16.4. The molecule has 0 aliphatic carbocycles. The van der Waals surface area contributed by atoms with E-state index in [1.807, 2.05) is 11.0 Å². The molecule has 2 atom stereocenters. The van der Waals surface area contributed by atoms with Crippen molar-refractivity contribution in [2.45, 2.75) is 31.9 Å². The van der Waals surface area contributed by atoms with E-state index < -0.39 is 18.0 Å². The van der Waals surface area contributed by atoms with Crippen molar-refractivity contribution in [3.63, 3.8) is 0 Å². The van der Waals surface area contributed by atoms with Gasteiger partial charge in [0.15, 0.2) is 6.10 Å². The van der Waals surface area contributed by atoms with Gasteiger partial charge in [-0.25, -0.2) is 4.79 Å². The third-order valence-electron chi connectivity index (χ3n) is 5.03. The third kappa shape index (κ3) is 3.54. The van der Waals surface area contributed by atoms with Crippen LogP contribution in [0.2, 0.25) is 0 Å². The molecule has 2 amide bonds. The summed E-state index contributed by atoms with van der Waals surface area (Å²) in [5.74, 6) is -1.26. The molecular formula is C20H18N4O4S. The van der Waals surface area contributed by atoms with Crippen LogP contribution in [0.25, 0.3) is 0 Å². The van der Waals surface area contributed by atoms with Crippen LogP contribution in [0.3, 0.4) is 0 Å². The Balaban J connectivity index is 1.45. The lowest BCUT2D eigenvalue weighted by Gasteiger charge is -2.33. The van der Waals surface area contributed by atoms with Crippen molar-refractivity contribution in [3.05, 3.63) is 40.8 Å². The number of nitrogens with one attached hydrogen (secondary N) is 2. The molecule has 0 saturated carbocycles. The second kappa shape index (κ2) is 7.56. The van der Waals surface area contributed by atoms with Gasteiger partial charge in [-0.15, -0.1) is 11.3 Å². The molecule has 2 aromatic rings. The average Bonchev–Trinajstić information content (AvgIpc) is 3.37. The molecule has 0 unspecified atom stereocenters. The molecule has 3 heterocycles. The van der Waals surface area contributed by atoms with Gasteiger partial charge in [0.1, 0.15) is 17.1 Å². The summed E-state index contributed by atoms with van der Waals surface area (Å²) >= 11 is 1.22. The standard InChI is InChI=1S/C20H18N4O4S/c1-11(17(25)23-19-13(10-21)6-8-29-19)28-20(27)12-4-5-15-14(9-12)22-18(26)16-3-2-7-24(15)16/h4-6,8-9,11,16H,2-3,7H2,1H3,(H,22,26)(H,23,25)/t11-,16+/m0/s1. The van der Waals surface area contributed by atoms with Gasteiger partial charge in [-0.3, -0.25) is 9.59 Å². The molecule has 9 heteroatoms. The highest BCUT2D eigenvalue weighted by Gasteiger charge is 2.36. The number of esters is 1. The van der Waals surface area contributed by atoms with Crippen LogP contribution in [0.1, 0.15) is 35.7 Å². The maximum absolute atomic E-state index is 12.5. The van der Waals surface area contributed by atoms with Gasteiger partial charge in [0.25, 0.3) is 5.91 Å². The van der Waals surface area contributed by atoms with Crippen LogP contribution in [-0.4, -0.2) is 36.5 Å². The average molecular weight is 410 g/mol.